The first-order valence-electron chi connectivity index (χ1n) is 5.79. The second-order valence-corrected chi connectivity index (χ2v) is 3.96. The number of hydrogen-bond donors (Lipinski definition) is 0. The fraction of sp³-hybridized carbons (Fsp3) is 0.818. The number of halogens is 3. The summed E-state index contributed by atoms with van der Waals surface area (Å²) in [4.78, 5) is 9.02. The van der Waals surface area contributed by atoms with E-state index in [0.717, 1.165) is 25.7 Å². The summed E-state index contributed by atoms with van der Waals surface area (Å²) in [6.07, 6.45) is 0.313. The lowest BCUT2D eigenvalue weighted by Gasteiger charge is -2.08. The topological polar surface area (TPSA) is 43.1 Å². The number of alkyl halides is 3. The van der Waals surface area contributed by atoms with E-state index in [9.17, 15) is 23.3 Å². The molecule has 0 fully saturated rings. The first-order valence-corrected chi connectivity index (χ1v) is 5.79. The zero-order valence-electron chi connectivity index (χ0n) is 9.92. The van der Waals surface area contributed by atoms with Crippen LogP contribution in [0.4, 0.5) is 13.2 Å². The van der Waals surface area contributed by atoms with Gasteiger partial charge in [0.15, 0.2) is 0 Å². The highest BCUT2D eigenvalue weighted by Gasteiger charge is 2.35. The lowest BCUT2D eigenvalue weighted by molar-refractivity contribution is -0.405. The molecule has 0 aromatic carbocycles. The van der Waals surface area contributed by atoms with E-state index in [-0.39, 0.29) is 12.6 Å². The first-order chi connectivity index (χ1) is 7.88. The van der Waals surface area contributed by atoms with Gasteiger partial charge in [-0.1, -0.05) is 39.0 Å². The SMILES string of the molecule is CCCCCCCCC(=C[N+](=O)[O-])C(F)(F)F. The maximum Gasteiger partial charge on any atom is 0.418 e. The van der Waals surface area contributed by atoms with Gasteiger partial charge in [0.25, 0.3) is 0 Å². The van der Waals surface area contributed by atoms with Crippen LogP contribution in [0, 0.1) is 10.1 Å². The van der Waals surface area contributed by atoms with Crippen molar-refractivity contribution < 1.29 is 18.1 Å². The number of nitrogens with zero attached hydrogens (tertiary/aromatic N) is 1. The molecule has 6 heteroatoms. The van der Waals surface area contributed by atoms with Crippen LogP contribution >= 0.6 is 0 Å². The molecule has 0 aromatic heterocycles. The standard InChI is InChI=1S/C11H18F3NO2/c1-2-3-4-5-6-7-8-10(9-15(16)17)11(12,13)14/h9H,2-8H2,1H3. The molecule has 17 heavy (non-hydrogen) atoms. The van der Waals surface area contributed by atoms with Crippen molar-refractivity contribution in [2.24, 2.45) is 0 Å². The van der Waals surface area contributed by atoms with E-state index in [0.29, 0.717) is 12.8 Å². The minimum atomic E-state index is -4.59. The van der Waals surface area contributed by atoms with Gasteiger partial charge in [0.05, 0.1) is 4.92 Å². The van der Waals surface area contributed by atoms with Gasteiger partial charge in [-0.3, -0.25) is 10.1 Å². The molecule has 0 N–H and O–H groups in total. The van der Waals surface area contributed by atoms with Crippen molar-refractivity contribution in [3.05, 3.63) is 21.9 Å². The summed E-state index contributed by atoms with van der Waals surface area (Å²) < 4.78 is 37.0. The average Bonchev–Trinajstić information content (AvgIpc) is 2.19. The van der Waals surface area contributed by atoms with Gasteiger partial charge in [0, 0.05) is 0 Å². The van der Waals surface area contributed by atoms with Crippen molar-refractivity contribution in [3.8, 4) is 0 Å². The van der Waals surface area contributed by atoms with E-state index in [4.69, 9.17) is 0 Å². The fourth-order valence-corrected chi connectivity index (χ4v) is 1.50. The number of unbranched alkanes of at least 4 members (excludes halogenated alkanes) is 5. The van der Waals surface area contributed by atoms with Crippen molar-refractivity contribution in [2.75, 3.05) is 0 Å². The molecule has 0 aliphatic heterocycles. The highest BCUT2D eigenvalue weighted by Crippen LogP contribution is 2.29. The van der Waals surface area contributed by atoms with Crippen LogP contribution in [0.25, 0.3) is 0 Å². The second-order valence-electron chi connectivity index (χ2n) is 3.96. The van der Waals surface area contributed by atoms with E-state index >= 15 is 0 Å². The Labute approximate surface area is 98.8 Å². The predicted octanol–water partition coefficient (Wildman–Crippen LogP) is 4.46. The normalized spacial score (nSPS) is 12.8. The summed E-state index contributed by atoms with van der Waals surface area (Å²) in [6, 6.07) is 0. The van der Waals surface area contributed by atoms with Crippen molar-refractivity contribution in [2.45, 2.75) is 58.0 Å². The molecule has 0 atom stereocenters. The van der Waals surface area contributed by atoms with Gasteiger partial charge in [0.1, 0.15) is 5.57 Å². The zero-order valence-corrected chi connectivity index (χ0v) is 9.92. The first kappa shape index (κ1) is 15.9. The van der Waals surface area contributed by atoms with Crippen LogP contribution in [0.2, 0.25) is 0 Å². The summed E-state index contributed by atoms with van der Waals surface area (Å²) in [5.41, 5.74) is -1.04. The lowest BCUT2D eigenvalue weighted by Crippen LogP contribution is -2.13. The second kappa shape index (κ2) is 8.08. The number of nitro groups is 1. The maximum absolute atomic E-state index is 12.3. The van der Waals surface area contributed by atoms with Gasteiger partial charge in [-0.15, -0.1) is 0 Å². The highest BCUT2D eigenvalue weighted by atomic mass is 19.4. The molecule has 0 saturated carbocycles. The third-order valence-electron chi connectivity index (χ3n) is 2.43. The number of allylic oxidation sites excluding steroid dienone is 1. The predicted molar refractivity (Wildman–Crippen MR) is 59.1 cm³/mol. The Bertz CT molecular complexity index is 262. The summed E-state index contributed by atoms with van der Waals surface area (Å²) in [7, 11) is 0. The molecule has 0 bridgehead atoms. The van der Waals surface area contributed by atoms with Crippen molar-refractivity contribution in [1.29, 1.82) is 0 Å². The van der Waals surface area contributed by atoms with E-state index in [1.54, 1.807) is 0 Å². The van der Waals surface area contributed by atoms with Crippen LogP contribution in [0.15, 0.2) is 11.8 Å². The molecular weight excluding hydrogens is 235 g/mol. The average molecular weight is 253 g/mol. The minimum absolute atomic E-state index is 0.0754. The van der Waals surface area contributed by atoms with E-state index in [2.05, 4.69) is 6.92 Å². The molecule has 0 aliphatic rings. The molecule has 0 rings (SSSR count). The molecule has 0 unspecified atom stereocenters. The van der Waals surface area contributed by atoms with Crippen molar-refractivity contribution >= 4 is 0 Å². The van der Waals surface area contributed by atoms with Gasteiger partial charge < -0.3 is 0 Å². The molecule has 100 valence electrons. The Balaban J connectivity index is 3.99. The third kappa shape index (κ3) is 8.71. The van der Waals surface area contributed by atoms with Gasteiger partial charge in [-0.05, 0) is 12.8 Å². The van der Waals surface area contributed by atoms with E-state index in [1.807, 2.05) is 0 Å². The minimum Gasteiger partial charge on any atom is -0.259 e. The molecule has 0 aliphatic carbocycles. The van der Waals surface area contributed by atoms with Gasteiger partial charge in [-0.2, -0.15) is 13.2 Å². The molecule has 0 spiro atoms. The Morgan fingerprint density at radius 3 is 2.18 bits per heavy atom. The van der Waals surface area contributed by atoms with Crippen molar-refractivity contribution in [1.82, 2.24) is 0 Å². The zero-order chi connectivity index (χ0) is 13.3. The Kier molecular flexibility index (Phi) is 7.58. The molecule has 0 radical (unpaired) electrons. The monoisotopic (exact) mass is 253 g/mol. The smallest absolute Gasteiger partial charge is 0.259 e. The Morgan fingerprint density at radius 2 is 1.71 bits per heavy atom. The highest BCUT2D eigenvalue weighted by molar-refractivity contribution is 5.04. The van der Waals surface area contributed by atoms with Crippen LogP contribution in [0.3, 0.4) is 0 Å². The summed E-state index contributed by atoms with van der Waals surface area (Å²) in [5, 5.41) is 10.1. The van der Waals surface area contributed by atoms with E-state index in [1.165, 1.54) is 0 Å². The van der Waals surface area contributed by atoms with Gasteiger partial charge in [-0.25, -0.2) is 0 Å². The molecule has 0 heterocycles. The van der Waals surface area contributed by atoms with Crippen LogP contribution in [-0.2, 0) is 0 Å². The van der Waals surface area contributed by atoms with Gasteiger partial charge in [0.2, 0.25) is 6.20 Å². The quantitative estimate of drug-likeness (QED) is 0.364. The van der Waals surface area contributed by atoms with E-state index < -0.39 is 16.7 Å². The summed E-state index contributed by atoms with van der Waals surface area (Å²) >= 11 is 0. The lowest BCUT2D eigenvalue weighted by atomic mass is 10.1. The molecule has 3 nitrogen and oxygen atoms in total. The molecule has 0 aromatic rings. The number of hydrogen-bond acceptors (Lipinski definition) is 2. The largest absolute Gasteiger partial charge is 0.418 e. The molecule has 0 saturated heterocycles. The molecular formula is C11H18F3NO2. The third-order valence-corrected chi connectivity index (χ3v) is 2.43. The fourth-order valence-electron chi connectivity index (χ4n) is 1.50. The number of rotatable bonds is 8. The summed E-state index contributed by atoms with van der Waals surface area (Å²) in [6.45, 7) is 2.06. The summed E-state index contributed by atoms with van der Waals surface area (Å²) in [5.74, 6) is 0. The van der Waals surface area contributed by atoms with Crippen LogP contribution in [0.5, 0.6) is 0 Å². The Morgan fingerprint density at radius 1 is 1.18 bits per heavy atom. The van der Waals surface area contributed by atoms with Crippen molar-refractivity contribution in [3.63, 3.8) is 0 Å². The van der Waals surface area contributed by atoms with Crippen LogP contribution < -0.4 is 0 Å². The van der Waals surface area contributed by atoms with Crippen LogP contribution in [0.1, 0.15) is 51.9 Å². The van der Waals surface area contributed by atoms with Gasteiger partial charge >= 0.3 is 6.18 Å². The molecule has 0 amide bonds. The maximum atomic E-state index is 12.3. The Hall–Kier alpha value is -1.07. The van der Waals surface area contributed by atoms with Crippen LogP contribution in [-0.4, -0.2) is 11.1 Å².